The van der Waals surface area contributed by atoms with Crippen LogP contribution in [0.4, 0.5) is 0 Å². The van der Waals surface area contributed by atoms with Crippen molar-refractivity contribution < 1.29 is 0 Å². The van der Waals surface area contributed by atoms with Gasteiger partial charge in [-0.2, -0.15) is 5.26 Å². The smallest absolute Gasteiger partial charge is 0.149 e. The lowest BCUT2D eigenvalue weighted by Crippen LogP contribution is -1.86. The van der Waals surface area contributed by atoms with E-state index < -0.39 is 0 Å². The summed E-state index contributed by atoms with van der Waals surface area (Å²) in [6, 6.07) is 13.3. The fourth-order valence-corrected chi connectivity index (χ4v) is 2.70. The summed E-state index contributed by atoms with van der Waals surface area (Å²) >= 11 is 12.3. The van der Waals surface area contributed by atoms with E-state index >= 15 is 0 Å². The van der Waals surface area contributed by atoms with Crippen LogP contribution < -0.4 is 0 Å². The van der Waals surface area contributed by atoms with E-state index in [0.29, 0.717) is 27.0 Å². The minimum absolute atomic E-state index is 0.379. The van der Waals surface area contributed by atoms with Crippen molar-refractivity contribution >= 4 is 45.9 Å². The van der Waals surface area contributed by atoms with Crippen molar-refractivity contribution in [1.82, 2.24) is 9.97 Å². The summed E-state index contributed by atoms with van der Waals surface area (Å²) in [6.07, 6.45) is 1.65. The molecule has 0 saturated carbocycles. The SMILES string of the molecule is Cc1ccc2nc(/C(C#N)=C/c3c(Cl)cccc3Cl)[nH]c2c1. The maximum atomic E-state index is 9.44. The Morgan fingerprint density at radius 3 is 2.64 bits per heavy atom. The van der Waals surface area contributed by atoms with E-state index in [1.807, 2.05) is 25.1 Å². The molecule has 0 atom stereocenters. The summed E-state index contributed by atoms with van der Waals surface area (Å²) in [6.45, 7) is 2.00. The van der Waals surface area contributed by atoms with Crippen molar-refractivity contribution in [3.05, 3.63) is 63.4 Å². The average Bonchev–Trinajstić information content (AvgIpc) is 2.89. The summed E-state index contributed by atoms with van der Waals surface area (Å²) in [5.41, 5.74) is 3.82. The number of fused-ring (bicyclic) bond motifs is 1. The number of nitrogens with one attached hydrogen (secondary N) is 1. The number of nitriles is 1. The first-order valence-electron chi connectivity index (χ1n) is 6.61. The van der Waals surface area contributed by atoms with Gasteiger partial charge in [-0.15, -0.1) is 0 Å². The first-order valence-corrected chi connectivity index (χ1v) is 7.36. The van der Waals surface area contributed by atoms with Crippen molar-refractivity contribution in [1.29, 1.82) is 5.26 Å². The van der Waals surface area contributed by atoms with Gasteiger partial charge in [0.15, 0.2) is 0 Å². The van der Waals surface area contributed by atoms with E-state index in [2.05, 4.69) is 16.0 Å². The predicted octanol–water partition coefficient (Wildman–Crippen LogP) is 5.24. The maximum Gasteiger partial charge on any atom is 0.149 e. The van der Waals surface area contributed by atoms with Crippen LogP contribution in [0.25, 0.3) is 22.7 Å². The third-order valence-electron chi connectivity index (χ3n) is 3.30. The standard InChI is InChI=1S/C17H11Cl2N3/c1-10-5-6-15-16(7-10)22-17(21-15)11(9-20)8-12-13(18)3-2-4-14(12)19/h2-8H,1H3,(H,21,22)/b11-8+. The molecule has 0 aliphatic carbocycles. The molecule has 0 saturated heterocycles. The van der Waals surface area contributed by atoms with Gasteiger partial charge in [0.2, 0.25) is 0 Å². The minimum atomic E-state index is 0.379. The Morgan fingerprint density at radius 2 is 1.95 bits per heavy atom. The molecule has 3 aromatic rings. The first kappa shape index (κ1) is 14.6. The van der Waals surface area contributed by atoms with Crippen LogP contribution >= 0.6 is 23.2 Å². The maximum absolute atomic E-state index is 9.44. The Balaban J connectivity index is 2.14. The van der Waals surface area contributed by atoms with Crippen LogP contribution in [0.1, 0.15) is 17.0 Å². The molecule has 22 heavy (non-hydrogen) atoms. The number of hydrogen-bond acceptors (Lipinski definition) is 2. The Kier molecular flexibility index (Phi) is 3.89. The molecule has 0 spiro atoms. The molecule has 1 N–H and O–H groups in total. The van der Waals surface area contributed by atoms with Gasteiger partial charge in [0.25, 0.3) is 0 Å². The molecule has 5 heteroatoms. The lowest BCUT2D eigenvalue weighted by Gasteiger charge is -2.01. The zero-order valence-corrected chi connectivity index (χ0v) is 13.2. The molecular weight excluding hydrogens is 317 g/mol. The van der Waals surface area contributed by atoms with Gasteiger partial charge >= 0.3 is 0 Å². The van der Waals surface area contributed by atoms with Crippen molar-refractivity contribution in [2.24, 2.45) is 0 Å². The molecule has 0 unspecified atom stereocenters. The zero-order chi connectivity index (χ0) is 15.7. The molecule has 1 heterocycles. The molecule has 0 amide bonds. The molecule has 0 bridgehead atoms. The lowest BCUT2D eigenvalue weighted by molar-refractivity contribution is 1.27. The second kappa shape index (κ2) is 5.84. The molecule has 0 radical (unpaired) electrons. The molecule has 0 fully saturated rings. The molecular formula is C17H11Cl2N3. The largest absolute Gasteiger partial charge is 0.337 e. The van der Waals surface area contributed by atoms with Crippen LogP contribution in [0.15, 0.2) is 36.4 Å². The number of halogens is 2. The topological polar surface area (TPSA) is 52.5 Å². The van der Waals surface area contributed by atoms with Crippen molar-refractivity contribution in [3.8, 4) is 6.07 Å². The van der Waals surface area contributed by atoms with Gasteiger partial charge in [-0.3, -0.25) is 0 Å². The Morgan fingerprint density at radius 1 is 1.23 bits per heavy atom. The van der Waals surface area contributed by atoms with Gasteiger partial charge < -0.3 is 4.98 Å². The van der Waals surface area contributed by atoms with Crippen LogP contribution in [0, 0.1) is 18.3 Å². The van der Waals surface area contributed by atoms with Crippen LogP contribution in [-0.4, -0.2) is 9.97 Å². The van der Waals surface area contributed by atoms with E-state index in [-0.39, 0.29) is 0 Å². The van der Waals surface area contributed by atoms with Crippen LogP contribution in [0.5, 0.6) is 0 Å². The molecule has 3 rings (SSSR count). The summed E-state index contributed by atoms with van der Waals surface area (Å²) in [5.74, 6) is 0.499. The Bertz CT molecular complexity index is 912. The molecule has 0 aliphatic heterocycles. The fourth-order valence-electron chi connectivity index (χ4n) is 2.20. The summed E-state index contributed by atoms with van der Waals surface area (Å²) in [7, 11) is 0. The van der Waals surface area contributed by atoms with E-state index in [1.54, 1.807) is 24.3 Å². The first-order chi connectivity index (χ1) is 10.6. The number of aryl methyl sites for hydroxylation is 1. The number of imidazole rings is 1. The van der Waals surface area contributed by atoms with E-state index in [1.165, 1.54) is 0 Å². The number of benzene rings is 2. The summed E-state index contributed by atoms with van der Waals surface area (Å²) in [5, 5.41) is 10.4. The van der Waals surface area contributed by atoms with Gasteiger partial charge in [-0.25, -0.2) is 4.98 Å². The summed E-state index contributed by atoms with van der Waals surface area (Å²) < 4.78 is 0. The minimum Gasteiger partial charge on any atom is -0.337 e. The van der Waals surface area contributed by atoms with E-state index in [4.69, 9.17) is 23.2 Å². The molecule has 1 aromatic heterocycles. The van der Waals surface area contributed by atoms with Gasteiger partial charge in [0.1, 0.15) is 11.9 Å². The van der Waals surface area contributed by atoms with Crippen molar-refractivity contribution in [2.45, 2.75) is 6.92 Å². The molecule has 2 aromatic carbocycles. The highest BCUT2D eigenvalue weighted by molar-refractivity contribution is 6.37. The highest BCUT2D eigenvalue weighted by Gasteiger charge is 2.10. The number of rotatable bonds is 2. The van der Waals surface area contributed by atoms with Crippen molar-refractivity contribution in [2.75, 3.05) is 0 Å². The zero-order valence-electron chi connectivity index (χ0n) is 11.7. The number of aromatic nitrogens is 2. The number of H-pyrrole nitrogens is 1. The Labute approximate surface area is 137 Å². The third-order valence-corrected chi connectivity index (χ3v) is 3.96. The van der Waals surface area contributed by atoms with Gasteiger partial charge in [0.05, 0.1) is 16.6 Å². The lowest BCUT2D eigenvalue weighted by atomic mass is 10.1. The second-order valence-electron chi connectivity index (χ2n) is 4.91. The monoisotopic (exact) mass is 327 g/mol. The molecule has 3 nitrogen and oxygen atoms in total. The fraction of sp³-hybridized carbons (Fsp3) is 0.0588. The predicted molar refractivity (Wildman–Crippen MR) is 90.8 cm³/mol. The normalized spacial score (nSPS) is 11.6. The van der Waals surface area contributed by atoms with Gasteiger partial charge in [0, 0.05) is 15.6 Å². The average molecular weight is 328 g/mol. The number of nitrogens with zero attached hydrogens (tertiary/aromatic N) is 2. The van der Waals surface area contributed by atoms with Gasteiger partial charge in [-0.05, 0) is 42.8 Å². The highest BCUT2D eigenvalue weighted by atomic mass is 35.5. The number of allylic oxidation sites excluding steroid dienone is 1. The van der Waals surface area contributed by atoms with Gasteiger partial charge in [-0.1, -0.05) is 35.3 Å². The van der Waals surface area contributed by atoms with E-state index in [0.717, 1.165) is 16.6 Å². The number of hydrogen-bond donors (Lipinski definition) is 1. The molecule has 0 aliphatic rings. The quantitative estimate of drug-likeness (QED) is 0.654. The Hall–Kier alpha value is -2.28. The van der Waals surface area contributed by atoms with Crippen LogP contribution in [0.3, 0.4) is 0 Å². The van der Waals surface area contributed by atoms with E-state index in [9.17, 15) is 5.26 Å². The summed E-state index contributed by atoms with van der Waals surface area (Å²) in [4.78, 5) is 7.61. The second-order valence-corrected chi connectivity index (χ2v) is 5.73. The highest BCUT2D eigenvalue weighted by Crippen LogP contribution is 2.28. The van der Waals surface area contributed by atoms with Crippen LogP contribution in [0.2, 0.25) is 10.0 Å². The third kappa shape index (κ3) is 2.71. The molecule has 108 valence electrons. The van der Waals surface area contributed by atoms with Crippen molar-refractivity contribution in [3.63, 3.8) is 0 Å². The number of aromatic amines is 1. The van der Waals surface area contributed by atoms with Crippen LogP contribution in [-0.2, 0) is 0 Å².